The van der Waals surface area contributed by atoms with Gasteiger partial charge in [0.05, 0.1) is 23.6 Å². The van der Waals surface area contributed by atoms with Crippen molar-refractivity contribution in [3.63, 3.8) is 0 Å². The number of Topliss-reactive ketones (excluding diaryl/α,β-unsaturated/α-hetero) is 2. The molecule has 1 saturated carbocycles. The summed E-state index contributed by atoms with van der Waals surface area (Å²) in [6.45, 7) is 1.35. The summed E-state index contributed by atoms with van der Waals surface area (Å²) in [5, 5.41) is 56.2. The number of phenols is 1. The van der Waals surface area contributed by atoms with Gasteiger partial charge >= 0.3 is 0 Å². The Labute approximate surface area is 210 Å². The highest BCUT2D eigenvalue weighted by Gasteiger charge is 2.70. The number of hydrogen-bond acceptors (Lipinski definition) is 11. The van der Waals surface area contributed by atoms with E-state index in [-0.39, 0.29) is 22.2 Å². The number of phenolic OH excluding ortho intramolecular Hbond substituents is 1. The van der Waals surface area contributed by atoms with Crippen LogP contribution in [-0.2, 0) is 14.4 Å². The van der Waals surface area contributed by atoms with Crippen LogP contribution in [0, 0.1) is 17.8 Å². The van der Waals surface area contributed by atoms with E-state index in [1.54, 1.807) is 6.07 Å². The number of carbonyl (C=O) groups excluding carboxylic acids is 4. The van der Waals surface area contributed by atoms with Crippen LogP contribution < -0.4 is 5.73 Å². The van der Waals surface area contributed by atoms with Gasteiger partial charge in [-0.15, -0.1) is 0 Å². The van der Waals surface area contributed by atoms with Crippen LogP contribution in [0.3, 0.4) is 0 Å². The molecule has 12 heteroatoms. The molecular weight excluding hydrogens is 492 g/mol. The quantitative estimate of drug-likeness (QED) is 0.268. The first-order valence-electron chi connectivity index (χ1n) is 11.3. The first-order chi connectivity index (χ1) is 16.8. The minimum atomic E-state index is -2.79. The Bertz CT molecular complexity index is 1200. The second-order valence-corrected chi connectivity index (χ2v) is 11.0. The Morgan fingerprint density at radius 1 is 1.14 bits per heavy atom. The van der Waals surface area contributed by atoms with E-state index in [2.05, 4.69) is 0 Å². The number of nitrogens with zero attached hydrogens (tertiary/aromatic N) is 1. The van der Waals surface area contributed by atoms with Gasteiger partial charge in [-0.25, -0.2) is 0 Å². The van der Waals surface area contributed by atoms with E-state index in [1.165, 1.54) is 38.1 Å². The molecule has 0 aliphatic heterocycles. The SMILES string of the molecule is CC(=O)SC[C@H]1c2cccc(O)c2C(=O)C2C1[C@H](O)C1[C@H](N(C)C)C(=O)C(C(N)=O)=C(O)[C@@]1(O)C2O. The third kappa shape index (κ3) is 3.51. The minimum Gasteiger partial charge on any atom is -0.508 e. The number of aliphatic hydroxyl groups is 4. The Morgan fingerprint density at radius 3 is 2.33 bits per heavy atom. The number of likely N-dealkylation sites (N-methyl/N-ethyl adjacent to an activating group) is 1. The zero-order valence-electron chi connectivity index (χ0n) is 19.8. The van der Waals surface area contributed by atoms with Crippen molar-refractivity contribution in [1.29, 1.82) is 0 Å². The van der Waals surface area contributed by atoms with Gasteiger partial charge in [-0.05, 0) is 25.7 Å². The van der Waals surface area contributed by atoms with Crippen LogP contribution in [0.15, 0.2) is 29.5 Å². The van der Waals surface area contributed by atoms with Crippen LogP contribution in [0.4, 0.5) is 0 Å². The lowest BCUT2D eigenvalue weighted by Crippen LogP contribution is -2.74. The van der Waals surface area contributed by atoms with Crippen LogP contribution in [0.5, 0.6) is 5.75 Å². The van der Waals surface area contributed by atoms with Gasteiger partial charge in [0.1, 0.15) is 23.2 Å². The Balaban J connectivity index is 1.99. The molecule has 4 rings (SSSR count). The maximum Gasteiger partial charge on any atom is 0.255 e. The van der Waals surface area contributed by atoms with Gasteiger partial charge in [-0.3, -0.25) is 24.1 Å². The number of ketones is 2. The molecule has 0 aromatic heterocycles. The van der Waals surface area contributed by atoms with Crippen LogP contribution in [0.2, 0.25) is 0 Å². The number of hydrogen-bond donors (Lipinski definition) is 6. The van der Waals surface area contributed by atoms with Gasteiger partial charge in [0, 0.05) is 30.4 Å². The molecule has 0 spiro atoms. The first kappa shape index (κ1) is 26.3. The molecule has 1 fully saturated rings. The van der Waals surface area contributed by atoms with Crippen molar-refractivity contribution < 1.29 is 44.7 Å². The lowest BCUT2D eigenvalue weighted by molar-refractivity contribution is -0.221. The molecule has 8 atom stereocenters. The number of nitrogens with two attached hydrogens (primary N) is 1. The lowest BCUT2D eigenvalue weighted by atomic mass is 9.50. The number of benzene rings is 1. The summed E-state index contributed by atoms with van der Waals surface area (Å²) in [6, 6.07) is 2.97. The van der Waals surface area contributed by atoms with Gasteiger partial charge in [0.25, 0.3) is 5.91 Å². The molecule has 3 aliphatic carbocycles. The van der Waals surface area contributed by atoms with Crippen molar-refractivity contribution in [3.8, 4) is 5.75 Å². The number of fused-ring (bicyclic) bond motifs is 3. The smallest absolute Gasteiger partial charge is 0.255 e. The van der Waals surface area contributed by atoms with E-state index >= 15 is 0 Å². The molecule has 0 heterocycles. The third-order valence-corrected chi connectivity index (χ3v) is 8.64. The molecule has 194 valence electrons. The van der Waals surface area contributed by atoms with E-state index in [9.17, 15) is 44.7 Å². The van der Waals surface area contributed by atoms with Crippen molar-refractivity contribution in [2.24, 2.45) is 23.5 Å². The minimum absolute atomic E-state index is 0.0735. The van der Waals surface area contributed by atoms with Crippen molar-refractivity contribution in [3.05, 3.63) is 40.7 Å². The van der Waals surface area contributed by atoms with Gasteiger partial charge in [-0.1, -0.05) is 23.9 Å². The summed E-state index contributed by atoms with van der Waals surface area (Å²) < 4.78 is 0. The number of aliphatic hydroxyl groups excluding tert-OH is 3. The van der Waals surface area contributed by atoms with Crippen molar-refractivity contribution in [1.82, 2.24) is 4.90 Å². The lowest BCUT2D eigenvalue weighted by Gasteiger charge is -2.58. The predicted octanol–water partition coefficient (Wildman–Crippen LogP) is -0.923. The summed E-state index contributed by atoms with van der Waals surface area (Å²) in [7, 11) is 2.91. The normalized spacial score (nSPS) is 35.8. The Hall–Kier alpha value is -2.77. The van der Waals surface area contributed by atoms with E-state index in [0.717, 1.165) is 11.8 Å². The number of rotatable bonds is 4. The molecule has 1 aromatic carbocycles. The highest BCUT2D eigenvalue weighted by Crippen LogP contribution is 2.57. The predicted molar refractivity (Wildman–Crippen MR) is 127 cm³/mol. The fourth-order valence-corrected chi connectivity index (χ4v) is 7.08. The molecule has 1 aromatic rings. The number of thioether (sulfide) groups is 1. The first-order valence-corrected chi connectivity index (χ1v) is 12.3. The van der Waals surface area contributed by atoms with Gasteiger partial charge < -0.3 is 31.3 Å². The van der Waals surface area contributed by atoms with Crippen LogP contribution >= 0.6 is 11.8 Å². The van der Waals surface area contributed by atoms with E-state index in [0.29, 0.717) is 5.56 Å². The van der Waals surface area contributed by atoms with Crippen molar-refractivity contribution in [2.45, 2.75) is 36.7 Å². The fraction of sp³-hybridized carbons (Fsp3) is 0.500. The summed E-state index contributed by atoms with van der Waals surface area (Å²) in [5.41, 5.74) is 1.83. The fourth-order valence-electron chi connectivity index (χ4n) is 6.26. The van der Waals surface area contributed by atoms with Crippen molar-refractivity contribution >= 4 is 34.4 Å². The van der Waals surface area contributed by atoms with Gasteiger partial charge in [0.15, 0.2) is 22.3 Å². The zero-order chi connectivity index (χ0) is 26.9. The number of amides is 1. The number of primary amides is 1. The molecule has 7 N–H and O–H groups in total. The monoisotopic (exact) mass is 520 g/mol. The molecule has 36 heavy (non-hydrogen) atoms. The second-order valence-electron chi connectivity index (χ2n) is 9.76. The topological polar surface area (TPSA) is 199 Å². The van der Waals surface area contributed by atoms with Crippen LogP contribution in [0.1, 0.15) is 28.8 Å². The highest BCUT2D eigenvalue weighted by molar-refractivity contribution is 8.13. The summed E-state index contributed by atoms with van der Waals surface area (Å²) in [5.74, 6) is -9.55. The Morgan fingerprint density at radius 2 is 1.78 bits per heavy atom. The highest BCUT2D eigenvalue weighted by atomic mass is 32.2. The molecule has 3 aliphatic rings. The maximum atomic E-state index is 13.6. The summed E-state index contributed by atoms with van der Waals surface area (Å²) in [6.07, 6.45) is -3.75. The Kier molecular flexibility index (Phi) is 6.55. The average Bonchev–Trinajstić information content (AvgIpc) is 2.78. The van der Waals surface area contributed by atoms with Crippen LogP contribution in [-0.4, -0.2) is 96.7 Å². The number of carbonyl (C=O) groups is 4. The second kappa shape index (κ2) is 8.96. The number of aromatic hydroxyl groups is 1. The average molecular weight is 521 g/mol. The van der Waals surface area contributed by atoms with Crippen molar-refractivity contribution in [2.75, 3.05) is 19.8 Å². The molecule has 0 radical (unpaired) electrons. The molecule has 11 nitrogen and oxygen atoms in total. The molecule has 0 bridgehead atoms. The largest absolute Gasteiger partial charge is 0.508 e. The molecule has 1 amide bonds. The molecular formula is C24H28N2O9S. The third-order valence-electron chi connectivity index (χ3n) is 7.70. The van der Waals surface area contributed by atoms with Crippen LogP contribution in [0.25, 0.3) is 0 Å². The summed E-state index contributed by atoms with van der Waals surface area (Å²) in [4.78, 5) is 52.1. The zero-order valence-corrected chi connectivity index (χ0v) is 20.6. The standard InChI is InChI=1S/C24H28N2O9S/c1-8(27)36-7-10-9-5-4-6-11(28)12(9)18(29)14-13(10)19(30)16-17(26(2)3)20(31)15(23(25)34)22(33)24(16,35)21(14)32/h4-6,10,13-14,16-17,19,21,28,30,32-33,35H,7H2,1-3H3,(H2,25,34)/t10-,13?,14?,16?,17-,19-,21?,24-/m0/s1. The van der Waals surface area contributed by atoms with E-state index in [1.807, 2.05) is 0 Å². The van der Waals surface area contributed by atoms with Gasteiger partial charge in [-0.2, -0.15) is 0 Å². The van der Waals surface area contributed by atoms with E-state index < -0.39 is 76.3 Å². The van der Waals surface area contributed by atoms with E-state index in [4.69, 9.17) is 5.73 Å². The van der Waals surface area contributed by atoms with Gasteiger partial charge in [0.2, 0.25) is 0 Å². The molecule has 0 saturated heterocycles. The molecule has 4 unspecified atom stereocenters. The summed E-state index contributed by atoms with van der Waals surface area (Å²) >= 11 is 0.924. The maximum absolute atomic E-state index is 13.6.